The molecule has 72 valence electrons. The van der Waals surface area contributed by atoms with Gasteiger partial charge < -0.3 is 5.11 Å². The van der Waals surface area contributed by atoms with Gasteiger partial charge in [0, 0.05) is 15.7 Å². The van der Waals surface area contributed by atoms with E-state index in [-0.39, 0.29) is 11.3 Å². The normalized spacial score (nSPS) is 10.9. The lowest BCUT2D eigenvalue weighted by Crippen LogP contribution is -2.01. The lowest BCUT2D eigenvalue weighted by Gasteiger charge is -2.08. The molecule has 0 aliphatic carbocycles. The number of pyridine rings is 1. The van der Waals surface area contributed by atoms with Gasteiger partial charge in [-0.05, 0) is 13.0 Å². The molecule has 1 rings (SSSR count). The molecule has 0 aromatic carbocycles. The lowest BCUT2D eigenvalue weighted by atomic mass is 10.2. The highest BCUT2D eigenvalue weighted by molar-refractivity contribution is 9.10. The zero-order valence-electron chi connectivity index (χ0n) is 6.89. The van der Waals surface area contributed by atoms with Crippen LogP contribution in [0.4, 0.5) is 8.78 Å². The average molecular weight is 252 g/mol. The molecule has 0 fully saturated rings. The lowest BCUT2D eigenvalue weighted by molar-refractivity contribution is 0.141. The number of aliphatic hydroxyl groups is 1. The molecule has 0 aliphatic rings. The van der Waals surface area contributed by atoms with Gasteiger partial charge in [-0.3, -0.25) is 4.98 Å². The van der Waals surface area contributed by atoms with Crippen molar-refractivity contribution in [2.45, 2.75) is 20.0 Å². The minimum absolute atomic E-state index is 0.153. The van der Waals surface area contributed by atoms with Gasteiger partial charge >= 0.3 is 0 Å². The first-order valence-electron chi connectivity index (χ1n) is 3.61. The van der Waals surface area contributed by atoms with Crippen LogP contribution in [-0.4, -0.2) is 10.1 Å². The summed E-state index contributed by atoms with van der Waals surface area (Å²) in [6.07, 6.45) is -2.65. The Hall–Kier alpha value is -0.550. The Morgan fingerprint density at radius 2 is 2.23 bits per heavy atom. The van der Waals surface area contributed by atoms with Crippen molar-refractivity contribution in [2.75, 3.05) is 0 Å². The standard InChI is InChI=1S/C8H8BrF2NO/c1-4-2-6(9)5(3-13)7(12-4)8(10)11/h2,8,13H,3H2,1H3. The maximum Gasteiger partial charge on any atom is 0.280 e. The average Bonchev–Trinajstić information content (AvgIpc) is 2.02. The fourth-order valence-electron chi connectivity index (χ4n) is 1.02. The fourth-order valence-corrected chi connectivity index (χ4v) is 1.68. The number of aliphatic hydroxyl groups excluding tert-OH is 1. The van der Waals surface area contributed by atoms with Crippen LogP contribution in [0.25, 0.3) is 0 Å². The Balaban J connectivity index is 3.29. The predicted octanol–water partition coefficient (Wildman–Crippen LogP) is 2.58. The Morgan fingerprint density at radius 1 is 1.62 bits per heavy atom. The maximum atomic E-state index is 12.4. The number of nitrogens with zero attached hydrogens (tertiary/aromatic N) is 1. The van der Waals surface area contributed by atoms with E-state index in [1.54, 1.807) is 13.0 Å². The smallest absolute Gasteiger partial charge is 0.280 e. The van der Waals surface area contributed by atoms with E-state index in [1.165, 1.54) is 0 Å². The highest BCUT2D eigenvalue weighted by Gasteiger charge is 2.17. The number of alkyl halides is 2. The first kappa shape index (κ1) is 10.5. The van der Waals surface area contributed by atoms with Crippen molar-refractivity contribution in [3.63, 3.8) is 0 Å². The molecule has 1 aromatic heterocycles. The summed E-state index contributed by atoms with van der Waals surface area (Å²) in [4.78, 5) is 3.66. The van der Waals surface area contributed by atoms with Crippen LogP contribution < -0.4 is 0 Å². The van der Waals surface area contributed by atoms with Gasteiger partial charge in [0.15, 0.2) is 0 Å². The summed E-state index contributed by atoms with van der Waals surface area (Å²) in [6, 6.07) is 1.59. The van der Waals surface area contributed by atoms with E-state index in [0.29, 0.717) is 10.2 Å². The number of hydrogen-bond acceptors (Lipinski definition) is 2. The van der Waals surface area contributed by atoms with Gasteiger partial charge in [0.2, 0.25) is 0 Å². The summed E-state index contributed by atoms with van der Waals surface area (Å²) < 4.78 is 25.2. The van der Waals surface area contributed by atoms with Crippen molar-refractivity contribution in [1.29, 1.82) is 0 Å². The van der Waals surface area contributed by atoms with Crippen LogP contribution >= 0.6 is 15.9 Å². The SMILES string of the molecule is Cc1cc(Br)c(CO)c(C(F)F)n1. The van der Waals surface area contributed by atoms with E-state index in [9.17, 15) is 8.78 Å². The minimum Gasteiger partial charge on any atom is -0.392 e. The number of aryl methyl sites for hydroxylation is 1. The highest BCUT2D eigenvalue weighted by atomic mass is 79.9. The van der Waals surface area contributed by atoms with Gasteiger partial charge in [-0.25, -0.2) is 8.78 Å². The second kappa shape index (κ2) is 4.11. The third-order valence-corrected chi connectivity index (χ3v) is 2.30. The van der Waals surface area contributed by atoms with E-state index in [0.717, 1.165) is 0 Å². The van der Waals surface area contributed by atoms with Crippen LogP contribution in [0.5, 0.6) is 0 Å². The molecule has 1 aromatic rings. The molecule has 0 amide bonds. The number of halogens is 3. The number of hydrogen-bond donors (Lipinski definition) is 1. The Labute approximate surface area is 82.7 Å². The van der Waals surface area contributed by atoms with E-state index in [1.807, 2.05) is 0 Å². The summed E-state index contributed by atoms with van der Waals surface area (Å²) in [5.74, 6) is 0. The van der Waals surface area contributed by atoms with Crippen LogP contribution in [-0.2, 0) is 6.61 Å². The van der Waals surface area contributed by atoms with E-state index in [4.69, 9.17) is 5.11 Å². The first-order chi connectivity index (χ1) is 6.06. The van der Waals surface area contributed by atoms with Crippen LogP contribution in [0.1, 0.15) is 23.4 Å². The molecule has 0 radical (unpaired) electrons. The summed E-state index contributed by atoms with van der Waals surface area (Å²) in [7, 11) is 0. The molecule has 1 heterocycles. The molecular weight excluding hydrogens is 244 g/mol. The summed E-state index contributed by atoms with van der Waals surface area (Å²) >= 11 is 3.09. The molecule has 0 saturated heterocycles. The summed E-state index contributed by atoms with van der Waals surface area (Å²) in [6.45, 7) is 1.19. The van der Waals surface area contributed by atoms with E-state index < -0.39 is 13.0 Å². The Morgan fingerprint density at radius 3 is 2.69 bits per heavy atom. The Kier molecular flexibility index (Phi) is 3.33. The molecule has 5 heteroatoms. The molecule has 0 bridgehead atoms. The molecular formula is C8H8BrF2NO. The van der Waals surface area contributed by atoms with Crippen molar-refractivity contribution < 1.29 is 13.9 Å². The van der Waals surface area contributed by atoms with Gasteiger partial charge in [-0.2, -0.15) is 0 Å². The molecule has 0 unspecified atom stereocenters. The van der Waals surface area contributed by atoms with Gasteiger partial charge in [0.1, 0.15) is 5.69 Å². The highest BCUT2D eigenvalue weighted by Crippen LogP contribution is 2.27. The van der Waals surface area contributed by atoms with Crippen molar-refractivity contribution in [3.05, 3.63) is 27.5 Å². The first-order valence-corrected chi connectivity index (χ1v) is 4.40. The van der Waals surface area contributed by atoms with E-state index in [2.05, 4.69) is 20.9 Å². The largest absolute Gasteiger partial charge is 0.392 e. The number of rotatable bonds is 2. The molecule has 1 N–H and O–H groups in total. The summed E-state index contributed by atoms with van der Waals surface area (Å²) in [5, 5.41) is 8.84. The van der Waals surface area contributed by atoms with Gasteiger partial charge in [0.05, 0.1) is 6.61 Å². The van der Waals surface area contributed by atoms with Gasteiger partial charge in [-0.15, -0.1) is 0 Å². The van der Waals surface area contributed by atoms with Crippen molar-refractivity contribution in [1.82, 2.24) is 4.98 Å². The summed E-state index contributed by atoms with van der Waals surface area (Å²) in [5.41, 5.74) is 0.300. The van der Waals surface area contributed by atoms with Gasteiger partial charge in [-0.1, -0.05) is 15.9 Å². The van der Waals surface area contributed by atoms with E-state index >= 15 is 0 Å². The molecule has 0 saturated carbocycles. The zero-order chi connectivity index (χ0) is 10.0. The van der Waals surface area contributed by atoms with Crippen LogP contribution in [0.2, 0.25) is 0 Å². The monoisotopic (exact) mass is 251 g/mol. The molecule has 13 heavy (non-hydrogen) atoms. The quantitative estimate of drug-likeness (QED) is 0.877. The molecule has 0 aliphatic heterocycles. The third-order valence-electron chi connectivity index (χ3n) is 1.59. The van der Waals surface area contributed by atoms with Crippen LogP contribution in [0.15, 0.2) is 10.5 Å². The van der Waals surface area contributed by atoms with Gasteiger partial charge in [0.25, 0.3) is 6.43 Å². The van der Waals surface area contributed by atoms with Crippen molar-refractivity contribution in [3.8, 4) is 0 Å². The van der Waals surface area contributed by atoms with Crippen molar-refractivity contribution >= 4 is 15.9 Å². The predicted molar refractivity (Wildman–Crippen MR) is 47.6 cm³/mol. The second-order valence-electron chi connectivity index (χ2n) is 2.57. The second-order valence-corrected chi connectivity index (χ2v) is 3.42. The topological polar surface area (TPSA) is 33.1 Å². The maximum absolute atomic E-state index is 12.4. The third kappa shape index (κ3) is 2.22. The molecule has 0 spiro atoms. The van der Waals surface area contributed by atoms with Crippen LogP contribution in [0.3, 0.4) is 0 Å². The van der Waals surface area contributed by atoms with Crippen molar-refractivity contribution in [2.24, 2.45) is 0 Å². The minimum atomic E-state index is -2.65. The zero-order valence-corrected chi connectivity index (χ0v) is 8.48. The molecule has 2 nitrogen and oxygen atoms in total. The number of aromatic nitrogens is 1. The Bertz CT molecular complexity index is 317. The fraction of sp³-hybridized carbons (Fsp3) is 0.375. The molecule has 0 atom stereocenters. The van der Waals surface area contributed by atoms with Crippen LogP contribution in [0, 0.1) is 6.92 Å².